The van der Waals surface area contributed by atoms with Gasteiger partial charge in [0.15, 0.2) is 0 Å². The highest BCUT2D eigenvalue weighted by atomic mass is 32.7. The van der Waals surface area contributed by atoms with Gasteiger partial charge in [0.1, 0.15) is 13.4 Å². The maximum Gasteiger partial charge on any atom is 0.139 e. The van der Waals surface area contributed by atoms with Gasteiger partial charge >= 0.3 is 0 Å². The van der Waals surface area contributed by atoms with Gasteiger partial charge in [0.25, 0.3) is 0 Å². The smallest absolute Gasteiger partial charge is 0.139 e. The summed E-state index contributed by atoms with van der Waals surface area (Å²) in [6, 6.07) is 0.417. The molecule has 2 fully saturated rings. The molecule has 0 bridgehead atoms. The molecular weight excluding hydrogens is 202 g/mol. The number of rotatable bonds is 0. The zero-order valence-corrected chi connectivity index (χ0v) is 10.2. The highest BCUT2D eigenvalue weighted by molar-refractivity contribution is 8.54. The Morgan fingerprint density at radius 3 is 2.85 bits per heavy atom. The van der Waals surface area contributed by atoms with Crippen molar-refractivity contribution in [3.8, 4) is 0 Å². The van der Waals surface area contributed by atoms with Gasteiger partial charge in [0.2, 0.25) is 0 Å². The van der Waals surface area contributed by atoms with E-state index >= 15 is 0 Å². The van der Waals surface area contributed by atoms with E-state index in [4.69, 9.17) is 9.26 Å². The minimum atomic E-state index is -0.230. The van der Waals surface area contributed by atoms with Crippen LogP contribution in [0.1, 0.15) is 13.3 Å². The highest BCUT2D eigenvalue weighted by Gasteiger charge is 2.47. The average Bonchev–Trinajstić information content (AvgIpc) is 2.34. The lowest BCUT2D eigenvalue weighted by Crippen LogP contribution is -2.43. The fourth-order valence-corrected chi connectivity index (χ4v) is 5.00. The lowest BCUT2D eigenvalue weighted by atomic mass is 9.87. The zero-order valence-electron chi connectivity index (χ0n) is 8.45. The molecule has 5 heteroatoms. The molecule has 0 amide bonds. The van der Waals surface area contributed by atoms with Crippen molar-refractivity contribution in [3.05, 3.63) is 0 Å². The second kappa shape index (κ2) is 3.73. The SMILES string of the molecule is B[C@H]1C[C@@H](C)[C@]2(COP(C)SC2)O1. The fourth-order valence-electron chi connectivity index (χ4n) is 2.11. The third-order valence-corrected chi connectivity index (χ3v) is 6.27. The number of hydrogen-bond acceptors (Lipinski definition) is 3. The highest BCUT2D eigenvalue weighted by Crippen LogP contribution is 2.56. The molecule has 2 aliphatic heterocycles. The van der Waals surface area contributed by atoms with Crippen molar-refractivity contribution >= 4 is 26.6 Å². The maximum absolute atomic E-state index is 6.01. The van der Waals surface area contributed by atoms with Crippen LogP contribution in [0.4, 0.5) is 0 Å². The van der Waals surface area contributed by atoms with E-state index in [0.29, 0.717) is 11.9 Å². The molecule has 2 rings (SSSR count). The van der Waals surface area contributed by atoms with Crippen LogP contribution in [0, 0.1) is 5.92 Å². The van der Waals surface area contributed by atoms with Crippen LogP contribution < -0.4 is 0 Å². The van der Waals surface area contributed by atoms with E-state index in [9.17, 15) is 0 Å². The number of hydrogen-bond donors (Lipinski definition) is 0. The van der Waals surface area contributed by atoms with Crippen LogP contribution in [0.5, 0.6) is 0 Å². The van der Waals surface area contributed by atoms with Gasteiger partial charge in [0, 0.05) is 11.8 Å². The molecule has 2 aliphatic rings. The molecule has 13 heavy (non-hydrogen) atoms. The Labute approximate surface area is 86.1 Å². The Hall–Kier alpha value is 0.765. The predicted molar refractivity (Wildman–Crippen MR) is 61.2 cm³/mol. The lowest BCUT2D eigenvalue weighted by molar-refractivity contribution is -0.0424. The van der Waals surface area contributed by atoms with Crippen molar-refractivity contribution < 1.29 is 9.26 Å². The maximum atomic E-state index is 6.01. The summed E-state index contributed by atoms with van der Waals surface area (Å²) in [6.45, 7) is 5.28. The van der Waals surface area contributed by atoms with Gasteiger partial charge in [0.05, 0.1) is 14.0 Å². The first-order valence-corrected chi connectivity index (χ1v) is 8.09. The molecule has 0 saturated carbocycles. The monoisotopic (exact) mass is 218 g/mol. The molecule has 2 nitrogen and oxygen atoms in total. The molecule has 2 heterocycles. The molecule has 1 spiro atoms. The van der Waals surface area contributed by atoms with Gasteiger partial charge < -0.3 is 9.26 Å². The minimum absolute atomic E-state index is 0.0406. The van der Waals surface area contributed by atoms with Crippen LogP contribution in [-0.4, -0.2) is 38.5 Å². The van der Waals surface area contributed by atoms with E-state index in [2.05, 4.69) is 21.4 Å². The Kier molecular flexibility index (Phi) is 2.95. The summed E-state index contributed by atoms with van der Waals surface area (Å²) in [5.74, 6) is 1.78. The second-order valence-corrected chi connectivity index (χ2v) is 8.12. The Morgan fingerprint density at radius 2 is 2.38 bits per heavy atom. The van der Waals surface area contributed by atoms with Crippen molar-refractivity contribution in [2.75, 3.05) is 19.0 Å². The van der Waals surface area contributed by atoms with Crippen LogP contribution in [0.2, 0.25) is 0 Å². The molecule has 0 radical (unpaired) electrons. The zero-order chi connectivity index (χ0) is 9.47. The Balaban J connectivity index is 2.04. The van der Waals surface area contributed by atoms with Gasteiger partial charge in [-0.3, -0.25) is 0 Å². The van der Waals surface area contributed by atoms with Crippen molar-refractivity contribution in [3.63, 3.8) is 0 Å². The van der Waals surface area contributed by atoms with Crippen molar-refractivity contribution in [2.45, 2.75) is 24.9 Å². The lowest BCUT2D eigenvalue weighted by Gasteiger charge is -2.38. The van der Waals surface area contributed by atoms with Gasteiger partial charge in [-0.05, 0) is 19.0 Å². The minimum Gasteiger partial charge on any atom is -0.377 e. The Bertz CT molecular complexity index is 197. The first-order valence-electron chi connectivity index (χ1n) is 4.80. The number of ether oxygens (including phenoxy) is 1. The third-order valence-electron chi connectivity index (χ3n) is 3.00. The molecular formula is C8H16BO2PS. The van der Waals surface area contributed by atoms with E-state index in [1.54, 1.807) is 0 Å². The van der Waals surface area contributed by atoms with Gasteiger partial charge in [-0.15, -0.1) is 11.4 Å². The van der Waals surface area contributed by atoms with Crippen LogP contribution >= 0.6 is 18.7 Å². The van der Waals surface area contributed by atoms with Crippen molar-refractivity contribution in [1.29, 1.82) is 0 Å². The van der Waals surface area contributed by atoms with Gasteiger partial charge in [-0.1, -0.05) is 6.92 Å². The topological polar surface area (TPSA) is 18.5 Å². The van der Waals surface area contributed by atoms with Crippen LogP contribution in [0.3, 0.4) is 0 Å². The summed E-state index contributed by atoms with van der Waals surface area (Å²) < 4.78 is 11.8. The molecule has 0 aliphatic carbocycles. The average molecular weight is 218 g/mol. The van der Waals surface area contributed by atoms with E-state index in [1.807, 2.05) is 11.4 Å². The summed E-state index contributed by atoms with van der Waals surface area (Å²) in [6.07, 6.45) is 1.19. The van der Waals surface area contributed by atoms with Crippen LogP contribution in [0.15, 0.2) is 0 Å². The first kappa shape index (κ1) is 10.3. The van der Waals surface area contributed by atoms with Gasteiger partial charge in [-0.2, -0.15) is 0 Å². The fraction of sp³-hybridized carbons (Fsp3) is 1.00. The molecule has 0 aromatic rings. The molecule has 4 atom stereocenters. The largest absolute Gasteiger partial charge is 0.377 e. The van der Waals surface area contributed by atoms with Crippen LogP contribution in [-0.2, 0) is 9.26 Å². The van der Waals surface area contributed by atoms with E-state index in [1.165, 1.54) is 6.42 Å². The van der Waals surface area contributed by atoms with E-state index in [-0.39, 0.29) is 13.0 Å². The van der Waals surface area contributed by atoms with Crippen molar-refractivity contribution in [2.24, 2.45) is 5.92 Å². The molecule has 0 aromatic carbocycles. The molecule has 1 unspecified atom stereocenters. The molecule has 2 saturated heterocycles. The molecule has 74 valence electrons. The predicted octanol–water partition coefficient (Wildman–Crippen LogP) is 1.45. The van der Waals surface area contributed by atoms with Gasteiger partial charge in [-0.25, -0.2) is 0 Å². The van der Waals surface area contributed by atoms with E-state index in [0.717, 1.165) is 12.4 Å². The molecule has 0 N–H and O–H groups in total. The van der Waals surface area contributed by atoms with E-state index < -0.39 is 0 Å². The summed E-state index contributed by atoms with van der Waals surface area (Å²) >= 11 is 1.94. The summed E-state index contributed by atoms with van der Waals surface area (Å²) in [5.41, 5.74) is 0.0406. The molecule has 0 aromatic heterocycles. The van der Waals surface area contributed by atoms with Crippen molar-refractivity contribution in [1.82, 2.24) is 0 Å². The first-order chi connectivity index (χ1) is 6.12. The van der Waals surface area contributed by atoms with Crippen LogP contribution in [0.25, 0.3) is 0 Å². The summed E-state index contributed by atoms with van der Waals surface area (Å²) in [5, 5.41) is 0. The second-order valence-electron chi connectivity index (χ2n) is 4.12. The standard InChI is InChI=1S/C8H16BO2PS/c1-6-3-7(9)11-8(6)4-10-12(2)13-5-8/h6-7H,3-5,9H2,1-2H3/t6-,7-,8-,12?/m1/s1. The summed E-state index contributed by atoms with van der Waals surface area (Å²) in [4.78, 5) is 0. The Morgan fingerprint density at radius 1 is 1.62 bits per heavy atom. The normalized spacial score (nSPS) is 51.4. The quantitative estimate of drug-likeness (QED) is 0.452. The third kappa shape index (κ3) is 1.92. The summed E-state index contributed by atoms with van der Waals surface area (Å²) in [7, 11) is 1.94.